The highest BCUT2D eigenvalue weighted by Crippen LogP contribution is 2.26. The van der Waals surface area contributed by atoms with E-state index in [0.29, 0.717) is 23.7 Å². The van der Waals surface area contributed by atoms with Gasteiger partial charge in [0.25, 0.3) is 0 Å². The molecule has 2 rings (SSSR count). The molecule has 1 aromatic carbocycles. The number of aromatic amines is 1. The first-order chi connectivity index (χ1) is 9.52. The predicted octanol–water partition coefficient (Wildman–Crippen LogP) is 3.71. The average Bonchev–Trinajstić information content (AvgIpc) is 2.74. The van der Waals surface area contributed by atoms with Gasteiger partial charge in [-0.25, -0.2) is 4.79 Å². The number of aromatic nitrogens is 2. The van der Waals surface area contributed by atoms with Gasteiger partial charge in [0.2, 0.25) is 0 Å². The second-order valence-corrected chi connectivity index (χ2v) is 5.29. The van der Waals surface area contributed by atoms with Crippen LogP contribution in [-0.4, -0.2) is 22.8 Å². The lowest BCUT2D eigenvalue weighted by Crippen LogP contribution is -2.08. The van der Waals surface area contributed by atoms with Crippen molar-refractivity contribution in [2.45, 2.75) is 20.8 Å². The van der Waals surface area contributed by atoms with Crippen LogP contribution in [0.2, 0.25) is 0 Å². The first-order valence-electron chi connectivity index (χ1n) is 6.28. The maximum atomic E-state index is 11.9. The van der Waals surface area contributed by atoms with E-state index in [-0.39, 0.29) is 5.97 Å². The van der Waals surface area contributed by atoms with E-state index >= 15 is 0 Å². The summed E-state index contributed by atoms with van der Waals surface area (Å²) in [5.74, 6) is 0.0994. The van der Waals surface area contributed by atoms with Crippen molar-refractivity contribution in [2.75, 3.05) is 11.9 Å². The molecule has 0 atom stereocenters. The Morgan fingerprint density at radius 3 is 2.85 bits per heavy atom. The van der Waals surface area contributed by atoms with Crippen LogP contribution in [0.25, 0.3) is 0 Å². The molecular formula is C14H16BrN3O2. The SMILES string of the molecule is CCOC(=O)c1c(Nc2ccc(Br)cc2C)n[nH]c1C. The molecule has 0 saturated carbocycles. The van der Waals surface area contributed by atoms with Gasteiger partial charge in [-0.2, -0.15) is 5.10 Å². The fourth-order valence-corrected chi connectivity index (χ4v) is 2.34. The van der Waals surface area contributed by atoms with Crippen LogP contribution in [0.5, 0.6) is 0 Å². The summed E-state index contributed by atoms with van der Waals surface area (Å²) in [6.45, 7) is 5.88. The fourth-order valence-electron chi connectivity index (χ4n) is 1.87. The number of aryl methyl sites for hydroxylation is 2. The van der Waals surface area contributed by atoms with Crippen molar-refractivity contribution < 1.29 is 9.53 Å². The number of nitrogens with one attached hydrogen (secondary N) is 2. The van der Waals surface area contributed by atoms with Gasteiger partial charge in [0.1, 0.15) is 5.56 Å². The molecule has 0 fully saturated rings. The molecule has 0 bridgehead atoms. The van der Waals surface area contributed by atoms with Crippen molar-refractivity contribution in [2.24, 2.45) is 0 Å². The number of ether oxygens (including phenoxy) is 1. The van der Waals surface area contributed by atoms with Crippen LogP contribution < -0.4 is 5.32 Å². The van der Waals surface area contributed by atoms with Crippen molar-refractivity contribution in [1.82, 2.24) is 10.2 Å². The highest BCUT2D eigenvalue weighted by atomic mass is 79.9. The van der Waals surface area contributed by atoms with Crippen LogP contribution in [0.4, 0.5) is 11.5 Å². The van der Waals surface area contributed by atoms with Crippen LogP contribution in [0.3, 0.4) is 0 Å². The summed E-state index contributed by atoms with van der Waals surface area (Å²) in [4.78, 5) is 11.9. The molecule has 0 aliphatic carbocycles. The fraction of sp³-hybridized carbons (Fsp3) is 0.286. The average molecular weight is 338 g/mol. The third-order valence-corrected chi connectivity index (χ3v) is 3.36. The smallest absolute Gasteiger partial charge is 0.343 e. The van der Waals surface area contributed by atoms with E-state index in [0.717, 1.165) is 15.7 Å². The van der Waals surface area contributed by atoms with Gasteiger partial charge in [0.05, 0.1) is 6.61 Å². The van der Waals surface area contributed by atoms with Crippen molar-refractivity contribution in [1.29, 1.82) is 0 Å². The zero-order valence-corrected chi connectivity index (χ0v) is 13.2. The van der Waals surface area contributed by atoms with Crippen LogP contribution in [0, 0.1) is 13.8 Å². The van der Waals surface area contributed by atoms with Crippen molar-refractivity contribution >= 4 is 33.4 Å². The number of benzene rings is 1. The topological polar surface area (TPSA) is 67.0 Å². The van der Waals surface area contributed by atoms with Crippen molar-refractivity contribution in [3.8, 4) is 0 Å². The van der Waals surface area contributed by atoms with Gasteiger partial charge in [0, 0.05) is 15.9 Å². The second kappa shape index (κ2) is 6.09. The molecule has 0 amide bonds. The highest BCUT2D eigenvalue weighted by molar-refractivity contribution is 9.10. The number of halogens is 1. The number of esters is 1. The van der Waals surface area contributed by atoms with Gasteiger partial charge in [0.15, 0.2) is 5.82 Å². The first kappa shape index (κ1) is 14.6. The Hall–Kier alpha value is -1.82. The van der Waals surface area contributed by atoms with Gasteiger partial charge < -0.3 is 10.1 Å². The lowest BCUT2D eigenvalue weighted by molar-refractivity contribution is 0.0527. The predicted molar refractivity (Wildman–Crippen MR) is 81.4 cm³/mol. The van der Waals surface area contributed by atoms with Crippen LogP contribution in [0.15, 0.2) is 22.7 Å². The summed E-state index contributed by atoms with van der Waals surface area (Å²) in [6.07, 6.45) is 0. The third kappa shape index (κ3) is 3.01. The number of H-pyrrole nitrogens is 1. The quantitative estimate of drug-likeness (QED) is 0.834. The van der Waals surface area contributed by atoms with Crippen LogP contribution in [0.1, 0.15) is 28.5 Å². The number of hydrogen-bond acceptors (Lipinski definition) is 4. The molecule has 1 aromatic heterocycles. The molecule has 2 aromatic rings. The van der Waals surface area contributed by atoms with E-state index in [1.54, 1.807) is 13.8 Å². The Morgan fingerprint density at radius 1 is 1.45 bits per heavy atom. The van der Waals surface area contributed by atoms with E-state index in [2.05, 4.69) is 31.4 Å². The van der Waals surface area contributed by atoms with E-state index in [9.17, 15) is 4.79 Å². The summed E-state index contributed by atoms with van der Waals surface area (Å²) in [7, 11) is 0. The van der Waals surface area contributed by atoms with E-state index in [1.807, 2.05) is 25.1 Å². The first-order valence-corrected chi connectivity index (χ1v) is 7.07. The largest absolute Gasteiger partial charge is 0.462 e. The molecule has 20 heavy (non-hydrogen) atoms. The molecule has 6 heteroatoms. The van der Waals surface area contributed by atoms with Gasteiger partial charge in [-0.05, 0) is 44.5 Å². The lowest BCUT2D eigenvalue weighted by Gasteiger charge is -2.09. The van der Waals surface area contributed by atoms with Gasteiger partial charge in [-0.3, -0.25) is 5.10 Å². The normalized spacial score (nSPS) is 10.4. The molecule has 0 spiro atoms. The molecule has 5 nitrogen and oxygen atoms in total. The van der Waals surface area contributed by atoms with Gasteiger partial charge >= 0.3 is 5.97 Å². The third-order valence-electron chi connectivity index (χ3n) is 2.87. The number of carbonyl (C=O) groups excluding carboxylic acids is 1. The van der Waals surface area contributed by atoms with E-state index in [4.69, 9.17) is 4.74 Å². The summed E-state index contributed by atoms with van der Waals surface area (Å²) < 4.78 is 6.05. The van der Waals surface area contributed by atoms with Gasteiger partial charge in [-0.1, -0.05) is 15.9 Å². The molecule has 0 aliphatic heterocycles. The molecule has 0 radical (unpaired) electrons. The molecule has 2 N–H and O–H groups in total. The van der Waals surface area contributed by atoms with Crippen LogP contribution >= 0.6 is 15.9 Å². The standard InChI is InChI=1S/C14H16BrN3O2/c1-4-20-14(19)12-9(3)17-18-13(12)16-11-6-5-10(15)7-8(11)2/h5-7H,4H2,1-3H3,(H2,16,17,18). The zero-order valence-electron chi connectivity index (χ0n) is 11.6. The Balaban J connectivity index is 2.32. The highest BCUT2D eigenvalue weighted by Gasteiger charge is 2.19. The van der Waals surface area contributed by atoms with E-state index in [1.165, 1.54) is 0 Å². The summed E-state index contributed by atoms with van der Waals surface area (Å²) in [6, 6.07) is 5.85. The van der Waals surface area contributed by atoms with E-state index < -0.39 is 0 Å². The zero-order chi connectivity index (χ0) is 14.7. The summed E-state index contributed by atoms with van der Waals surface area (Å²) in [5, 5.41) is 10.1. The molecule has 106 valence electrons. The Labute approximate surface area is 125 Å². The van der Waals surface area contributed by atoms with Crippen molar-refractivity contribution in [3.63, 3.8) is 0 Å². The minimum atomic E-state index is -0.379. The summed E-state index contributed by atoms with van der Waals surface area (Å²) in [5.41, 5.74) is 3.06. The Kier molecular flexibility index (Phi) is 4.44. The Bertz CT molecular complexity index is 637. The molecule has 1 heterocycles. The maximum Gasteiger partial charge on any atom is 0.343 e. The molecule has 0 unspecified atom stereocenters. The minimum Gasteiger partial charge on any atom is -0.462 e. The van der Waals surface area contributed by atoms with Crippen molar-refractivity contribution in [3.05, 3.63) is 39.5 Å². The number of anilines is 2. The molecule has 0 saturated heterocycles. The maximum absolute atomic E-state index is 11.9. The number of rotatable bonds is 4. The minimum absolute atomic E-state index is 0.334. The lowest BCUT2D eigenvalue weighted by atomic mass is 10.2. The monoisotopic (exact) mass is 337 g/mol. The summed E-state index contributed by atoms with van der Waals surface area (Å²) >= 11 is 3.42. The van der Waals surface area contributed by atoms with Crippen LogP contribution in [-0.2, 0) is 4.74 Å². The number of nitrogens with zero attached hydrogens (tertiary/aromatic N) is 1. The second-order valence-electron chi connectivity index (χ2n) is 4.38. The molecule has 0 aliphatic rings. The molecular weight excluding hydrogens is 322 g/mol. The van der Waals surface area contributed by atoms with Gasteiger partial charge in [-0.15, -0.1) is 0 Å². The Morgan fingerprint density at radius 2 is 2.20 bits per heavy atom. The number of carbonyl (C=O) groups is 1. The number of hydrogen-bond donors (Lipinski definition) is 2.